The van der Waals surface area contributed by atoms with Crippen molar-refractivity contribution in [1.82, 2.24) is 0 Å². The van der Waals surface area contributed by atoms with Crippen molar-refractivity contribution in [2.75, 3.05) is 6.61 Å². The zero-order valence-electron chi connectivity index (χ0n) is 14.9. The molecule has 1 aliphatic heterocycles. The minimum Gasteiger partial charge on any atom is -0.367 e. The van der Waals surface area contributed by atoms with E-state index in [1.165, 1.54) is 40.9 Å². The number of hydrogen-bond acceptors (Lipinski definition) is 2. The molecule has 1 heterocycles. The molecule has 2 aliphatic rings. The summed E-state index contributed by atoms with van der Waals surface area (Å²) in [6.07, 6.45) is 5.78. The maximum absolute atomic E-state index is 6.27. The summed E-state index contributed by atoms with van der Waals surface area (Å²) in [4.78, 5) is 1.49. The van der Waals surface area contributed by atoms with Gasteiger partial charge in [0.15, 0.2) is 0 Å². The van der Waals surface area contributed by atoms with Gasteiger partial charge in [0.25, 0.3) is 0 Å². The third-order valence-corrected chi connectivity index (χ3v) is 6.63. The second kappa shape index (κ2) is 7.80. The molecule has 0 aromatic heterocycles. The molecule has 2 heteroatoms. The molecular formula is C23H26OS. The van der Waals surface area contributed by atoms with Crippen LogP contribution >= 0.6 is 11.8 Å². The largest absolute Gasteiger partial charge is 0.367 e. The number of unbranched alkanes of at least 4 members (excludes halogenated alkanes) is 1. The van der Waals surface area contributed by atoms with E-state index in [1.807, 2.05) is 11.8 Å². The number of ether oxygens (including phenoxy) is 1. The summed E-state index contributed by atoms with van der Waals surface area (Å²) in [5, 5.41) is 0. The van der Waals surface area contributed by atoms with Gasteiger partial charge < -0.3 is 4.74 Å². The van der Waals surface area contributed by atoms with Crippen molar-refractivity contribution in [3.05, 3.63) is 76.9 Å². The maximum atomic E-state index is 6.27. The average Bonchev–Trinajstić information content (AvgIpc) is 2.68. The van der Waals surface area contributed by atoms with E-state index in [1.54, 1.807) is 5.57 Å². The Balaban J connectivity index is 1.70. The van der Waals surface area contributed by atoms with Gasteiger partial charge in [0.05, 0.1) is 0 Å². The van der Waals surface area contributed by atoms with Gasteiger partial charge in [-0.15, -0.1) is 0 Å². The predicted molar refractivity (Wildman–Crippen MR) is 108 cm³/mol. The molecule has 0 N–H and O–H groups in total. The minimum absolute atomic E-state index is 0.265. The Hall–Kier alpha value is -1.51. The van der Waals surface area contributed by atoms with Gasteiger partial charge in [-0.05, 0) is 47.9 Å². The van der Waals surface area contributed by atoms with E-state index in [9.17, 15) is 0 Å². The lowest BCUT2D eigenvalue weighted by atomic mass is 9.80. The van der Waals surface area contributed by atoms with E-state index in [0.29, 0.717) is 5.92 Å². The fourth-order valence-corrected chi connectivity index (χ4v) is 5.42. The molecule has 25 heavy (non-hydrogen) atoms. The van der Waals surface area contributed by atoms with Crippen molar-refractivity contribution in [2.24, 2.45) is 0 Å². The van der Waals surface area contributed by atoms with E-state index < -0.39 is 0 Å². The fraction of sp³-hybridized carbons (Fsp3) is 0.391. The molecular weight excluding hydrogens is 324 g/mol. The van der Waals surface area contributed by atoms with Crippen LogP contribution in [0.4, 0.5) is 0 Å². The summed E-state index contributed by atoms with van der Waals surface area (Å²) in [6, 6.07) is 20.0. The van der Waals surface area contributed by atoms with Crippen LogP contribution in [0.2, 0.25) is 0 Å². The van der Waals surface area contributed by atoms with Crippen LogP contribution in [0.5, 0.6) is 0 Å². The SMILES string of the molecule is CCCCOC1CC(c2ccccc2)C2=C(S1)c1ccccc1CC2. The Morgan fingerprint density at radius 1 is 1.00 bits per heavy atom. The number of allylic oxidation sites excluding steroid dienone is 1. The van der Waals surface area contributed by atoms with Crippen LogP contribution in [0.15, 0.2) is 60.2 Å². The lowest BCUT2D eigenvalue weighted by Crippen LogP contribution is -2.23. The quantitative estimate of drug-likeness (QED) is 0.576. The summed E-state index contributed by atoms with van der Waals surface area (Å²) < 4.78 is 6.27. The van der Waals surface area contributed by atoms with Crippen molar-refractivity contribution in [2.45, 2.75) is 50.4 Å². The minimum atomic E-state index is 0.265. The van der Waals surface area contributed by atoms with Crippen LogP contribution in [0, 0.1) is 0 Å². The molecule has 1 aliphatic carbocycles. The summed E-state index contributed by atoms with van der Waals surface area (Å²) in [5.41, 5.74) is 6.28. The highest BCUT2D eigenvalue weighted by Gasteiger charge is 2.34. The van der Waals surface area contributed by atoms with Gasteiger partial charge in [-0.3, -0.25) is 0 Å². The molecule has 2 unspecified atom stereocenters. The van der Waals surface area contributed by atoms with E-state index >= 15 is 0 Å². The number of rotatable bonds is 5. The van der Waals surface area contributed by atoms with E-state index in [-0.39, 0.29) is 5.44 Å². The van der Waals surface area contributed by atoms with Crippen LogP contribution in [-0.4, -0.2) is 12.0 Å². The summed E-state index contributed by atoms with van der Waals surface area (Å²) in [6.45, 7) is 3.10. The zero-order valence-corrected chi connectivity index (χ0v) is 15.7. The van der Waals surface area contributed by atoms with Gasteiger partial charge in [0.1, 0.15) is 5.44 Å². The monoisotopic (exact) mass is 350 g/mol. The first-order valence-corrected chi connectivity index (χ1v) is 10.4. The van der Waals surface area contributed by atoms with Crippen molar-refractivity contribution in [1.29, 1.82) is 0 Å². The second-order valence-electron chi connectivity index (χ2n) is 6.98. The molecule has 0 saturated carbocycles. The molecule has 0 saturated heterocycles. The van der Waals surface area contributed by atoms with Crippen LogP contribution in [0.25, 0.3) is 4.91 Å². The van der Waals surface area contributed by atoms with Gasteiger partial charge in [0.2, 0.25) is 0 Å². The summed E-state index contributed by atoms with van der Waals surface area (Å²) in [5.74, 6) is 0.498. The molecule has 0 amide bonds. The average molecular weight is 351 g/mol. The molecule has 4 rings (SSSR count). The Morgan fingerprint density at radius 2 is 1.80 bits per heavy atom. The molecule has 2 aromatic rings. The topological polar surface area (TPSA) is 9.23 Å². The maximum Gasteiger partial charge on any atom is 0.108 e. The third-order valence-electron chi connectivity index (χ3n) is 5.32. The Labute approximate surface area is 155 Å². The van der Waals surface area contributed by atoms with Gasteiger partial charge in [0, 0.05) is 17.4 Å². The van der Waals surface area contributed by atoms with Crippen LogP contribution < -0.4 is 0 Å². The standard InChI is InChI=1S/C23H26OS/c1-2-3-15-24-22-16-21(17-9-5-4-6-10-17)20-14-13-18-11-7-8-12-19(18)23(20)25-22/h4-12,21-22H,2-3,13-16H2,1H3. The van der Waals surface area contributed by atoms with E-state index in [2.05, 4.69) is 61.5 Å². The van der Waals surface area contributed by atoms with Crippen molar-refractivity contribution >= 4 is 16.7 Å². The van der Waals surface area contributed by atoms with Gasteiger partial charge in [-0.25, -0.2) is 0 Å². The van der Waals surface area contributed by atoms with Crippen molar-refractivity contribution in [3.8, 4) is 0 Å². The normalized spacial score (nSPS) is 22.4. The molecule has 0 radical (unpaired) electrons. The molecule has 1 nitrogen and oxygen atoms in total. The Morgan fingerprint density at radius 3 is 2.64 bits per heavy atom. The molecule has 0 fully saturated rings. The summed E-state index contributed by atoms with van der Waals surface area (Å²) in [7, 11) is 0. The lowest BCUT2D eigenvalue weighted by Gasteiger charge is -2.37. The van der Waals surface area contributed by atoms with Gasteiger partial charge in [-0.2, -0.15) is 0 Å². The van der Waals surface area contributed by atoms with Crippen LogP contribution in [0.1, 0.15) is 55.2 Å². The van der Waals surface area contributed by atoms with Gasteiger partial charge in [-0.1, -0.05) is 79.7 Å². The first-order chi connectivity index (χ1) is 12.4. The first-order valence-electron chi connectivity index (χ1n) is 9.51. The van der Waals surface area contributed by atoms with E-state index in [4.69, 9.17) is 4.74 Å². The Kier molecular flexibility index (Phi) is 5.28. The zero-order chi connectivity index (χ0) is 17.1. The highest BCUT2D eigenvalue weighted by atomic mass is 32.2. The second-order valence-corrected chi connectivity index (χ2v) is 8.15. The van der Waals surface area contributed by atoms with Gasteiger partial charge >= 0.3 is 0 Å². The van der Waals surface area contributed by atoms with Crippen molar-refractivity contribution < 1.29 is 4.74 Å². The molecule has 2 atom stereocenters. The predicted octanol–water partition coefficient (Wildman–Crippen LogP) is 6.41. The molecule has 0 bridgehead atoms. The van der Waals surface area contributed by atoms with Crippen molar-refractivity contribution in [3.63, 3.8) is 0 Å². The third kappa shape index (κ3) is 3.56. The molecule has 130 valence electrons. The first kappa shape index (κ1) is 16.9. The molecule has 2 aromatic carbocycles. The highest BCUT2D eigenvalue weighted by molar-refractivity contribution is 8.08. The number of hydrogen-bond donors (Lipinski definition) is 0. The number of fused-ring (bicyclic) bond motifs is 2. The lowest BCUT2D eigenvalue weighted by molar-refractivity contribution is 0.101. The highest BCUT2D eigenvalue weighted by Crippen LogP contribution is 2.52. The number of thioether (sulfide) groups is 1. The van der Waals surface area contributed by atoms with Crippen LogP contribution in [0.3, 0.4) is 0 Å². The summed E-state index contributed by atoms with van der Waals surface area (Å²) >= 11 is 1.96. The number of aryl methyl sites for hydroxylation is 1. The fourth-order valence-electron chi connectivity index (χ4n) is 3.99. The number of benzene rings is 2. The smallest absolute Gasteiger partial charge is 0.108 e. The van der Waals surface area contributed by atoms with E-state index in [0.717, 1.165) is 19.4 Å². The Bertz CT molecular complexity index is 750. The van der Waals surface area contributed by atoms with Crippen LogP contribution in [-0.2, 0) is 11.2 Å². The molecule has 0 spiro atoms.